The lowest BCUT2D eigenvalue weighted by molar-refractivity contribution is 0.147. The van der Waals surface area contributed by atoms with Gasteiger partial charge < -0.3 is 5.11 Å². The first kappa shape index (κ1) is 9.96. The third kappa shape index (κ3) is 6.09. The van der Waals surface area contributed by atoms with Crippen LogP contribution in [0.5, 0.6) is 0 Å². The van der Waals surface area contributed by atoms with Crippen molar-refractivity contribution >= 4 is 0 Å². The van der Waals surface area contributed by atoms with Crippen LogP contribution in [0.3, 0.4) is 0 Å². The van der Waals surface area contributed by atoms with Crippen molar-refractivity contribution in [1.29, 1.82) is 0 Å². The molecule has 0 aromatic carbocycles. The lowest BCUT2D eigenvalue weighted by Gasteiger charge is -2.09. The Morgan fingerprint density at radius 2 is 1.90 bits per heavy atom. The molecule has 2 atom stereocenters. The second kappa shape index (κ2) is 5.72. The SMILES string of the molecule is [CH2]C(C)CCC(O)CCC. The lowest BCUT2D eigenvalue weighted by Crippen LogP contribution is -2.06. The van der Waals surface area contributed by atoms with Gasteiger partial charge in [0.2, 0.25) is 0 Å². The van der Waals surface area contributed by atoms with E-state index in [1.54, 1.807) is 0 Å². The first-order chi connectivity index (χ1) is 4.66. The Labute approximate surface area is 64.5 Å². The van der Waals surface area contributed by atoms with Gasteiger partial charge in [0.1, 0.15) is 0 Å². The van der Waals surface area contributed by atoms with Crippen molar-refractivity contribution in [2.75, 3.05) is 0 Å². The molecule has 0 spiro atoms. The fourth-order valence-electron chi connectivity index (χ4n) is 0.954. The van der Waals surface area contributed by atoms with Gasteiger partial charge in [-0.25, -0.2) is 0 Å². The van der Waals surface area contributed by atoms with Gasteiger partial charge in [-0.1, -0.05) is 27.2 Å². The highest BCUT2D eigenvalue weighted by molar-refractivity contribution is 4.59. The smallest absolute Gasteiger partial charge is 0.0540 e. The minimum atomic E-state index is -0.0887. The molecule has 2 unspecified atom stereocenters. The molecule has 10 heavy (non-hydrogen) atoms. The van der Waals surface area contributed by atoms with E-state index in [1.807, 2.05) is 0 Å². The van der Waals surface area contributed by atoms with Crippen LogP contribution in [-0.2, 0) is 0 Å². The standard InChI is InChI=1S/C9H19O/c1-4-5-9(10)7-6-8(2)3/h8-10H,2,4-7H2,1,3H3. The van der Waals surface area contributed by atoms with Crippen molar-refractivity contribution in [2.45, 2.75) is 45.6 Å². The Bertz CT molecular complexity index is 69.1. The summed E-state index contributed by atoms with van der Waals surface area (Å²) in [4.78, 5) is 0. The first-order valence-electron chi connectivity index (χ1n) is 4.18. The van der Waals surface area contributed by atoms with Gasteiger partial charge in [-0.15, -0.1) is 0 Å². The molecule has 1 N–H and O–H groups in total. The third-order valence-corrected chi connectivity index (χ3v) is 1.61. The van der Waals surface area contributed by atoms with Crippen molar-refractivity contribution in [1.82, 2.24) is 0 Å². The highest BCUT2D eigenvalue weighted by atomic mass is 16.3. The van der Waals surface area contributed by atoms with Crippen LogP contribution in [0, 0.1) is 12.8 Å². The summed E-state index contributed by atoms with van der Waals surface area (Å²) in [5, 5.41) is 9.27. The van der Waals surface area contributed by atoms with E-state index in [0.717, 1.165) is 25.7 Å². The molecule has 0 aliphatic rings. The van der Waals surface area contributed by atoms with Crippen LogP contribution < -0.4 is 0 Å². The van der Waals surface area contributed by atoms with Crippen LogP contribution in [0.2, 0.25) is 0 Å². The number of hydrogen-bond acceptors (Lipinski definition) is 1. The summed E-state index contributed by atoms with van der Waals surface area (Å²) >= 11 is 0. The summed E-state index contributed by atoms with van der Waals surface area (Å²) in [7, 11) is 0. The maximum absolute atomic E-state index is 9.27. The molecule has 0 heterocycles. The molecule has 0 amide bonds. The predicted octanol–water partition coefficient (Wildman–Crippen LogP) is 2.40. The molecule has 0 aromatic rings. The van der Waals surface area contributed by atoms with Crippen LogP contribution >= 0.6 is 0 Å². The molecule has 1 heteroatoms. The number of aliphatic hydroxyl groups excluding tert-OH is 1. The van der Waals surface area contributed by atoms with E-state index < -0.39 is 0 Å². The van der Waals surface area contributed by atoms with E-state index in [1.165, 1.54) is 0 Å². The zero-order valence-corrected chi connectivity index (χ0v) is 7.14. The van der Waals surface area contributed by atoms with E-state index >= 15 is 0 Å². The fraction of sp³-hybridized carbons (Fsp3) is 0.889. The van der Waals surface area contributed by atoms with E-state index in [0.29, 0.717) is 5.92 Å². The quantitative estimate of drug-likeness (QED) is 0.626. The van der Waals surface area contributed by atoms with E-state index in [9.17, 15) is 5.11 Å². The van der Waals surface area contributed by atoms with E-state index in [-0.39, 0.29) is 6.10 Å². The maximum Gasteiger partial charge on any atom is 0.0540 e. The zero-order chi connectivity index (χ0) is 7.98. The number of rotatable bonds is 5. The van der Waals surface area contributed by atoms with Crippen LogP contribution in [0.1, 0.15) is 39.5 Å². The van der Waals surface area contributed by atoms with Crippen molar-refractivity contribution < 1.29 is 5.11 Å². The highest BCUT2D eigenvalue weighted by Crippen LogP contribution is 2.09. The van der Waals surface area contributed by atoms with Gasteiger partial charge in [0.25, 0.3) is 0 Å². The normalized spacial score (nSPS) is 14.1. The minimum Gasteiger partial charge on any atom is -0.393 e. The Kier molecular flexibility index (Phi) is 5.70. The van der Waals surface area contributed by atoms with Crippen LogP contribution in [0.4, 0.5) is 0 Å². The summed E-state index contributed by atoms with van der Waals surface area (Å²) in [5.74, 6) is 0.478. The first-order valence-corrected chi connectivity index (χ1v) is 4.18. The monoisotopic (exact) mass is 143 g/mol. The Balaban J connectivity index is 3.12. The van der Waals surface area contributed by atoms with Crippen molar-refractivity contribution in [2.24, 2.45) is 5.92 Å². The summed E-state index contributed by atoms with van der Waals surface area (Å²) in [6.45, 7) is 8.04. The van der Waals surface area contributed by atoms with Crippen molar-refractivity contribution in [3.63, 3.8) is 0 Å². The molecule has 61 valence electrons. The highest BCUT2D eigenvalue weighted by Gasteiger charge is 2.02. The molecule has 0 bridgehead atoms. The lowest BCUT2D eigenvalue weighted by atomic mass is 10.0. The summed E-state index contributed by atoms with van der Waals surface area (Å²) in [6, 6.07) is 0. The second-order valence-electron chi connectivity index (χ2n) is 3.13. The van der Waals surface area contributed by atoms with E-state index in [4.69, 9.17) is 0 Å². The average Bonchev–Trinajstić information content (AvgIpc) is 1.85. The molecule has 0 aromatic heterocycles. The molecule has 0 aliphatic heterocycles. The van der Waals surface area contributed by atoms with Gasteiger partial charge in [0.15, 0.2) is 0 Å². The van der Waals surface area contributed by atoms with Crippen LogP contribution in [0.15, 0.2) is 0 Å². The maximum atomic E-state index is 9.27. The van der Waals surface area contributed by atoms with Gasteiger partial charge in [-0.2, -0.15) is 0 Å². The Morgan fingerprint density at radius 1 is 1.30 bits per heavy atom. The molecule has 0 fully saturated rings. The summed E-state index contributed by atoms with van der Waals surface area (Å²) in [6.07, 6.45) is 3.88. The molecular formula is C9H19O. The van der Waals surface area contributed by atoms with Crippen molar-refractivity contribution in [3.8, 4) is 0 Å². The molecule has 0 saturated carbocycles. The molecule has 0 aliphatic carbocycles. The van der Waals surface area contributed by atoms with Gasteiger partial charge in [-0.3, -0.25) is 0 Å². The number of hydrogen-bond donors (Lipinski definition) is 1. The molecule has 1 radical (unpaired) electrons. The minimum absolute atomic E-state index is 0.0887. The van der Waals surface area contributed by atoms with Gasteiger partial charge in [0, 0.05) is 0 Å². The largest absolute Gasteiger partial charge is 0.393 e. The molecular weight excluding hydrogens is 124 g/mol. The van der Waals surface area contributed by atoms with Gasteiger partial charge in [0.05, 0.1) is 6.10 Å². The predicted molar refractivity (Wildman–Crippen MR) is 44.7 cm³/mol. The zero-order valence-electron chi connectivity index (χ0n) is 7.14. The second-order valence-corrected chi connectivity index (χ2v) is 3.13. The summed E-state index contributed by atoms with van der Waals surface area (Å²) < 4.78 is 0. The van der Waals surface area contributed by atoms with Crippen LogP contribution in [0.25, 0.3) is 0 Å². The molecule has 0 saturated heterocycles. The average molecular weight is 143 g/mol. The van der Waals surface area contributed by atoms with E-state index in [2.05, 4.69) is 20.8 Å². The Morgan fingerprint density at radius 3 is 2.30 bits per heavy atom. The third-order valence-electron chi connectivity index (χ3n) is 1.61. The fourth-order valence-corrected chi connectivity index (χ4v) is 0.954. The van der Waals surface area contributed by atoms with Gasteiger partial charge >= 0.3 is 0 Å². The Hall–Kier alpha value is -0.0400. The molecule has 0 rings (SSSR count). The van der Waals surface area contributed by atoms with Crippen LogP contribution in [-0.4, -0.2) is 11.2 Å². The van der Waals surface area contributed by atoms with Crippen molar-refractivity contribution in [3.05, 3.63) is 6.92 Å². The topological polar surface area (TPSA) is 20.2 Å². The number of aliphatic hydroxyl groups is 1. The van der Waals surface area contributed by atoms with Gasteiger partial charge in [-0.05, 0) is 25.2 Å². The summed E-state index contributed by atoms with van der Waals surface area (Å²) in [5.41, 5.74) is 0. The molecule has 1 nitrogen and oxygen atoms in total.